The number of aliphatic imine (C=N–C) groups is 1. The number of carbonyl (C=O) groups is 7. The summed E-state index contributed by atoms with van der Waals surface area (Å²) in [6.45, 7) is -0.791. The number of aromatic amines is 1. The summed E-state index contributed by atoms with van der Waals surface area (Å²) in [7, 11) is 0. The zero-order valence-corrected chi connectivity index (χ0v) is 22.9. The van der Waals surface area contributed by atoms with E-state index in [4.69, 9.17) is 32.5 Å². The molecule has 1 heterocycles. The fraction of sp³-hybridized carbons (Fsp3) is 0.522. The van der Waals surface area contributed by atoms with Crippen molar-refractivity contribution in [1.29, 1.82) is 0 Å². The van der Waals surface area contributed by atoms with Gasteiger partial charge in [0.05, 0.1) is 18.8 Å². The molecule has 20 nitrogen and oxygen atoms in total. The molecule has 43 heavy (non-hydrogen) atoms. The molecule has 0 aliphatic carbocycles. The van der Waals surface area contributed by atoms with E-state index in [1.165, 1.54) is 12.5 Å². The number of H-pyrrole nitrogens is 1. The number of carbonyl (C=O) groups excluding carboxylic acids is 4. The number of nitrogens with one attached hydrogen (secondary N) is 5. The zero-order valence-electron chi connectivity index (χ0n) is 22.9. The number of hydrogen-bond donors (Lipinski definition) is 11. The summed E-state index contributed by atoms with van der Waals surface area (Å²) in [5.74, 6) is -8.43. The first-order chi connectivity index (χ1) is 20.2. The lowest BCUT2D eigenvalue weighted by molar-refractivity contribution is -0.141. The number of nitrogens with two attached hydrogens (primary N) is 3. The maximum atomic E-state index is 13.2. The Bertz CT molecular complexity index is 1170. The van der Waals surface area contributed by atoms with Crippen LogP contribution >= 0.6 is 0 Å². The van der Waals surface area contributed by atoms with Crippen molar-refractivity contribution < 1.29 is 48.9 Å². The lowest BCUT2D eigenvalue weighted by atomic mass is 10.1. The summed E-state index contributed by atoms with van der Waals surface area (Å²) in [6, 6.07) is -5.78. The number of carboxylic acids is 3. The van der Waals surface area contributed by atoms with Crippen molar-refractivity contribution in [1.82, 2.24) is 31.2 Å². The Kier molecular flexibility index (Phi) is 15.2. The van der Waals surface area contributed by atoms with Crippen LogP contribution in [0.15, 0.2) is 17.5 Å². The number of amides is 4. The van der Waals surface area contributed by atoms with Crippen LogP contribution in [0.5, 0.6) is 0 Å². The topological polar surface area (TPSA) is 347 Å². The minimum absolute atomic E-state index is 0.0440. The van der Waals surface area contributed by atoms with E-state index in [1.807, 2.05) is 5.32 Å². The highest BCUT2D eigenvalue weighted by Crippen LogP contribution is 2.06. The van der Waals surface area contributed by atoms with Crippen molar-refractivity contribution in [3.63, 3.8) is 0 Å². The molecule has 0 saturated carbocycles. The van der Waals surface area contributed by atoms with E-state index in [-0.39, 0.29) is 31.8 Å². The molecule has 0 spiro atoms. The number of aromatic nitrogens is 2. The average molecular weight is 613 g/mol. The first-order valence-electron chi connectivity index (χ1n) is 12.8. The average Bonchev–Trinajstić information content (AvgIpc) is 3.43. The number of imidazole rings is 1. The Labute approximate surface area is 244 Å². The molecule has 4 atom stereocenters. The molecule has 0 unspecified atom stereocenters. The van der Waals surface area contributed by atoms with Gasteiger partial charge in [0.2, 0.25) is 23.6 Å². The van der Waals surface area contributed by atoms with Gasteiger partial charge in [-0.15, -0.1) is 0 Å². The molecule has 0 aromatic carbocycles. The van der Waals surface area contributed by atoms with Crippen LogP contribution < -0.4 is 38.5 Å². The highest BCUT2D eigenvalue weighted by molar-refractivity contribution is 5.96. The van der Waals surface area contributed by atoms with Crippen LogP contribution in [0, 0.1) is 0 Å². The van der Waals surface area contributed by atoms with Crippen LogP contribution in [-0.4, -0.2) is 110 Å². The SMILES string of the molecule is NC(N)=NCCC[C@H](NC(=O)[C@@H](N)Cc1cnc[nH]1)C(=O)N[C@@H](CCC(=O)O)C(=O)N[C@@H](CC(=O)O)C(=O)NCC(=O)O. The van der Waals surface area contributed by atoms with E-state index >= 15 is 0 Å². The number of rotatable bonds is 20. The molecule has 1 aromatic rings. The molecule has 238 valence electrons. The second kappa shape index (κ2) is 18.2. The first-order valence-corrected chi connectivity index (χ1v) is 12.8. The van der Waals surface area contributed by atoms with Crippen LogP contribution in [-0.2, 0) is 40.0 Å². The molecular formula is C23H36N10O10. The molecule has 1 rings (SSSR count). The lowest BCUT2D eigenvalue weighted by Gasteiger charge is -2.25. The molecule has 0 fully saturated rings. The van der Waals surface area contributed by atoms with Crippen LogP contribution in [0.25, 0.3) is 0 Å². The third-order valence-corrected chi connectivity index (χ3v) is 5.62. The van der Waals surface area contributed by atoms with Gasteiger partial charge in [-0.25, -0.2) is 4.98 Å². The maximum absolute atomic E-state index is 13.2. The summed E-state index contributed by atoms with van der Waals surface area (Å²) < 4.78 is 0. The van der Waals surface area contributed by atoms with Crippen LogP contribution in [0.2, 0.25) is 0 Å². The second-order valence-corrected chi connectivity index (χ2v) is 9.16. The Morgan fingerprint density at radius 2 is 1.44 bits per heavy atom. The van der Waals surface area contributed by atoms with Gasteiger partial charge in [-0.2, -0.15) is 0 Å². The summed E-state index contributed by atoms with van der Waals surface area (Å²) in [5, 5.41) is 35.8. The fourth-order valence-corrected chi connectivity index (χ4v) is 3.53. The lowest BCUT2D eigenvalue weighted by Crippen LogP contribution is -2.58. The highest BCUT2D eigenvalue weighted by atomic mass is 16.4. The van der Waals surface area contributed by atoms with Gasteiger partial charge in [0.25, 0.3) is 0 Å². The van der Waals surface area contributed by atoms with E-state index < -0.39 is 91.5 Å². The highest BCUT2D eigenvalue weighted by Gasteiger charge is 2.31. The van der Waals surface area contributed by atoms with E-state index in [2.05, 4.69) is 30.9 Å². The van der Waals surface area contributed by atoms with Crippen LogP contribution in [0.4, 0.5) is 0 Å². The third kappa shape index (κ3) is 14.8. The van der Waals surface area contributed by atoms with Gasteiger partial charge in [-0.1, -0.05) is 0 Å². The zero-order chi connectivity index (χ0) is 32.5. The predicted octanol–water partition coefficient (Wildman–Crippen LogP) is -4.67. The molecule has 0 bridgehead atoms. The van der Waals surface area contributed by atoms with Gasteiger partial charge in [-0.05, 0) is 19.3 Å². The fourth-order valence-electron chi connectivity index (χ4n) is 3.53. The van der Waals surface area contributed by atoms with Crippen LogP contribution in [0.1, 0.15) is 37.8 Å². The van der Waals surface area contributed by atoms with Crippen molar-refractivity contribution in [2.75, 3.05) is 13.1 Å². The van der Waals surface area contributed by atoms with E-state index in [1.54, 1.807) is 0 Å². The number of guanidine groups is 1. The largest absolute Gasteiger partial charge is 0.481 e. The Morgan fingerprint density at radius 1 is 0.837 bits per heavy atom. The van der Waals surface area contributed by atoms with Crippen LogP contribution in [0.3, 0.4) is 0 Å². The number of nitrogens with zero attached hydrogens (tertiary/aromatic N) is 2. The summed E-state index contributed by atoms with van der Waals surface area (Å²) in [5.41, 5.74) is 17.1. The van der Waals surface area contributed by atoms with E-state index in [9.17, 15) is 33.6 Å². The molecule has 4 amide bonds. The molecule has 14 N–H and O–H groups in total. The van der Waals surface area contributed by atoms with E-state index in [0.717, 1.165) is 0 Å². The Balaban J connectivity index is 3.12. The second-order valence-electron chi connectivity index (χ2n) is 9.16. The summed E-state index contributed by atoms with van der Waals surface area (Å²) in [4.78, 5) is 94.9. The quantitative estimate of drug-likeness (QED) is 0.0374. The standard InChI is InChI=1S/C23H36N10O10/c24-12(6-11-8-27-10-30-11)19(40)31-13(2-1-5-28-23(25)26)21(42)32-14(3-4-16(34)35)22(43)33-15(7-17(36)37)20(41)29-9-18(38)39/h8,10,12-15H,1-7,9,24H2,(H,27,30)(H,29,41)(H,31,40)(H,32,42)(H,33,43)(H,34,35)(H,36,37)(H,38,39)(H4,25,26,28)/t12-,13-,14-,15-/m0/s1. The van der Waals surface area contributed by atoms with Gasteiger partial charge in [-0.3, -0.25) is 38.6 Å². The van der Waals surface area contributed by atoms with Crippen molar-refractivity contribution in [2.24, 2.45) is 22.2 Å². The molecule has 0 saturated heterocycles. The molecule has 0 radical (unpaired) electrons. The van der Waals surface area contributed by atoms with Gasteiger partial charge in [0.15, 0.2) is 5.96 Å². The summed E-state index contributed by atoms with van der Waals surface area (Å²) in [6.07, 6.45) is 0.972. The molecule has 1 aromatic heterocycles. The van der Waals surface area contributed by atoms with Crippen molar-refractivity contribution >= 4 is 47.5 Å². The van der Waals surface area contributed by atoms with Crippen molar-refractivity contribution in [3.8, 4) is 0 Å². The Morgan fingerprint density at radius 3 is 1.98 bits per heavy atom. The first kappa shape index (κ1) is 35.8. The minimum atomic E-state index is -1.76. The van der Waals surface area contributed by atoms with Gasteiger partial charge in [0, 0.05) is 31.3 Å². The Hall–Kier alpha value is -5.27. The summed E-state index contributed by atoms with van der Waals surface area (Å²) >= 11 is 0. The number of carboxylic acid groups (broad SMARTS) is 3. The van der Waals surface area contributed by atoms with Crippen molar-refractivity contribution in [3.05, 3.63) is 18.2 Å². The molecular weight excluding hydrogens is 576 g/mol. The number of hydrogen-bond acceptors (Lipinski definition) is 10. The molecule has 20 heteroatoms. The third-order valence-electron chi connectivity index (χ3n) is 5.62. The normalized spacial score (nSPS) is 13.3. The van der Waals surface area contributed by atoms with Gasteiger partial charge >= 0.3 is 17.9 Å². The molecule has 0 aliphatic heterocycles. The van der Waals surface area contributed by atoms with Crippen molar-refractivity contribution in [2.45, 2.75) is 62.7 Å². The molecule has 0 aliphatic rings. The van der Waals surface area contributed by atoms with Gasteiger partial charge in [0.1, 0.15) is 24.7 Å². The minimum Gasteiger partial charge on any atom is -0.481 e. The van der Waals surface area contributed by atoms with E-state index in [0.29, 0.717) is 5.69 Å². The predicted molar refractivity (Wildman–Crippen MR) is 146 cm³/mol. The maximum Gasteiger partial charge on any atom is 0.322 e. The van der Waals surface area contributed by atoms with Gasteiger partial charge < -0.3 is 58.8 Å². The number of aliphatic carboxylic acids is 3. The monoisotopic (exact) mass is 612 g/mol. The smallest absolute Gasteiger partial charge is 0.322 e.